The summed E-state index contributed by atoms with van der Waals surface area (Å²) in [6, 6.07) is 0.688. The van der Waals surface area contributed by atoms with Crippen LogP contribution in [0.1, 0.15) is 5.56 Å². The van der Waals surface area contributed by atoms with Gasteiger partial charge in [-0.15, -0.1) is 0 Å². The van der Waals surface area contributed by atoms with Crippen molar-refractivity contribution in [2.45, 2.75) is 6.18 Å². The summed E-state index contributed by atoms with van der Waals surface area (Å²) in [5.41, 5.74) is -1.61. The van der Waals surface area contributed by atoms with Crippen molar-refractivity contribution in [3.05, 3.63) is 48.3 Å². The molecular weight excluding hydrogens is 430 g/mol. The zero-order valence-electron chi connectivity index (χ0n) is 9.25. The lowest BCUT2D eigenvalue weighted by Gasteiger charge is -2.10. The van der Waals surface area contributed by atoms with E-state index < -0.39 is 17.3 Å². The molecule has 0 aliphatic rings. The minimum Gasteiger partial charge on any atom is -0.266 e. The first-order chi connectivity index (χ1) is 9.21. The smallest absolute Gasteiger partial charge is 0.266 e. The molecule has 4 nitrogen and oxygen atoms in total. The Morgan fingerprint density at radius 3 is 2.45 bits per heavy atom. The standard InChI is InChI=1S/C10H3Br2ClF3N3O/c11-5-3-18-19(9(20)7(5)12)8-6(13)1-4(2-17-8)10(14,15)16/h1-3H. The zero-order valence-corrected chi connectivity index (χ0v) is 13.2. The molecule has 0 saturated heterocycles. The summed E-state index contributed by atoms with van der Waals surface area (Å²) >= 11 is 11.9. The quantitative estimate of drug-likeness (QED) is 0.687. The highest BCUT2D eigenvalue weighted by atomic mass is 79.9. The van der Waals surface area contributed by atoms with Crippen LogP contribution in [0.4, 0.5) is 13.2 Å². The predicted octanol–water partition coefficient (Wildman–Crippen LogP) is 3.82. The molecule has 0 aliphatic heterocycles. The van der Waals surface area contributed by atoms with Crippen LogP contribution >= 0.6 is 43.5 Å². The van der Waals surface area contributed by atoms with Crippen LogP contribution in [0.5, 0.6) is 0 Å². The molecular formula is C10H3Br2ClF3N3O. The number of hydrogen-bond acceptors (Lipinski definition) is 3. The third-order valence-corrected chi connectivity index (χ3v) is 4.40. The van der Waals surface area contributed by atoms with Gasteiger partial charge in [0.1, 0.15) is 4.47 Å². The van der Waals surface area contributed by atoms with E-state index in [1.807, 2.05) is 0 Å². The van der Waals surface area contributed by atoms with Crippen LogP contribution in [0.15, 0.2) is 32.2 Å². The lowest BCUT2D eigenvalue weighted by atomic mass is 10.3. The molecule has 0 unspecified atom stereocenters. The third-order valence-electron chi connectivity index (χ3n) is 2.23. The van der Waals surface area contributed by atoms with E-state index in [4.69, 9.17) is 11.6 Å². The summed E-state index contributed by atoms with van der Waals surface area (Å²) in [5.74, 6) is -0.183. The maximum absolute atomic E-state index is 12.5. The van der Waals surface area contributed by atoms with Crippen LogP contribution in [0, 0.1) is 0 Å². The summed E-state index contributed by atoms with van der Waals surface area (Å²) in [6.45, 7) is 0. The lowest BCUT2D eigenvalue weighted by Crippen LogP contribution is -2.23. The van der Waals surface area contributed by atoms with Crippen molar-refractivity contribution < 1.29 is 13.2 Å². The molecule has 0 spiro atoms. The molecule has 0 saturated carbocycles. The van der Waals surface area contributed by atoms with Crippen molar-refractivity contribution in [2.24, 2.45) is 0 Å². The molecule has 2 rings (SSSR count). The number of rotatable bonds is 1. The number of pyridine rings is 1. The van der Waals surface area contributed by atoms with Gasteiger partial charge in [-0.3, -0.25) is 4.79 Å². The normalized spacial score (nSPS) is 11.7. The number of hydrogen-bond donors (Lipinski definition) is 0. The second-order valence-electron chi connectivity index (χ2n) is 3.55. The van der Waals surface area contributed by atoms with Crippen LogP contribution in [-0.2, 0) is 6.18 Å². The molecule has 0 fully saturated rings. The molecule has 10 heteroatoms. The van der Waals surface area contributed by atoms with Crippen LogP contribution in [0.3, 0.4) is 0 Å². The Morgan fingerprint density at radius 1 is 1.25 bits per heavy atom. The summed E-state index contributed by atoms with van der Waals surface area (Å²) in [7, 11) is 0. The van der Waals surface area contributed by atoms with Crippen LogP contribution in [0.2, 0.25) is 5.02 Å². The monoisotopic (exact) mass is 431 g/mol. The van der Waals surface area contributed by atoms with Gasteiger partial charge in [-0.2, -0.15) is 23.0 Å². The topological polar surface area (TPSA) is 47.8 Å². The summed E-state index contributed by atoms with van der Waals surface area (Å²) in [6.07, 6.45) is -2.68. The van der Waals surface area contributed by atoms with Crippen molar-refractivity contribution in [1.29, 1.82) is 0 Å². The molecule has 2 heterocycles. The first kappa shape index (κ1) is 15.5. The average molecular weight is 433 g/mol. The molecule has 0 amide bonds. The second kappa shape index (κ2) is 5.45. The lowest BCUT2D eigenvalue weighted by molar-refractivity contribution is -0.137. The summed E-state index contributed by atoms with van der Waals surface area (Å²) in [5, 5.41) is 3.43. The highest BCUT2D eigenvalue weighted by Gasteiger charge is 2.32. The zero-order chi connectivity index (χ0) is 15.1. The van der Waals surface area contributed by atoms with E-state index in [1.54, 1.807) is 0 Å². The van der Waals surface area contributed by atoms with Gasteiger partial charge in [-0.25, -0.2) is 4.98 Å². The van der Waals surface area contributed by atoms with Crippen molar-refractivity contribution in [3.8, 4) is 5.82 Å². The van der Waals surface area contributed by atoms with E-state index in [0.29, 0.717) is 16.7 Å². The minimum absolute atomic E-state index is 0.158. The van der Waals surface area contributed by atoms with Gasteiger partial charge in [0.15, 0.2) is 5.82 Å². The fourth-order valence-corrected chi connectivity index (χ4v) is 2.08. The summed E-state index contributed by atoms with van der Waals surface area (Å²) < 4.78 is 38.9. The van der Waals surface area contributed by atoms with Gasteiger partial charge in [-0.05, 0) is 37.9 Å². The second-order valence-corrected chi connectivity index (χ2v) is 5.61. The maximum atomic E-state index is 12.5. The fourth-order valence-electron chi connectivity index (χ4n) is 1.31. The predicted molar refractivity (Wildman–Crippen MR) is 73.0 cm³/mol. The minimum atomic E-state index is -4.56. The number of nitrogens with zero attached hydrogens (tertiary/aromatic N) is 3. The van der Waals surface area contributed by atoms with Crippen molar-refractivity contribution in [3.63, 3.8) is 0 Å². The molecule has 2 aromatic heterocycles. The van der Waals surface area contributed by atoms with E-state index in [-0.39, 0.29) is 15.3 Å². The van der Waals surface area contributed by atoms with Gasteiger partial charge >= 0.3 is 6.18 Å². The Balaban J connectivity index is 2.61. The van der Waals surface area contributed by atoms with E-state index >= 15 is 0 Å². The molecule has 20 heavy (non-hydrogen) atoms. The number of halogens is 6. The van der Waals surface area contributed by atoms with Crippen molar-refractivity contribution in [1.82, 2.24) is 14.8 Å². The fraction of sp³-hybridized carbons (Fsp3) is 0.100. The SMILES string of the molecule is O=c1c(Br)c(Br)cnn1-c1ncc(C(F)(F)F)cc1Cl. The maximum Gasteiger partial charge on any atom is 0.417 e. The Bertz CT molecular complexity index is 733. The van der Waals surface area contributed by atoms with Crippen molar-refractivity contribution >= 4 is 43.5 Å². The van der Waals surface area contributed by atoms with E-state index in [0.717, 1.165) is 4.68 Å². The Labute approximate surface area is 131 Å². The number of alkyl halides is 3. The Hall–Kier alpha value is -0.930. The average Bonchev–Trinajstić information content (AvgIpc) is 2.36. The van der Waals surface area contributed by atoms with E-state index in [9.17, 15) is 18.0 Å². The molecule has 0 aliphatic carbocycles. The van der Waals surface area contributed by atoms with Gasteiger partial charge in [0.05, 0.1) is 21.3 Å². The van der Waals surface area contributed by atoms with Gasteiger partial charge in [0.25, 0.3) is 5.56 Å². The van der Waals surface area contributed by atoms with E-state index in [1.165, 1.54) is 6.20 Å². The molecule has 0 aromatic carbocycles. The Kier molecular flexibility index (Phi) is 4.22. The van der Waals surface area contributed by atoms with Crippen LogP contribution < -0.4 is 5.56 Å². The largest absolute Gasteiger partial charge is 0.417 e. The summed E-state index contributed by atoms with van der Waals surface area (Å²) in [4.78, 5) is 15.5. The molecule has 106 valence electrons. The molecule has 0 bridgehead atoms. The van der Waals surface area contributed by atoms with Crippen LogP contribution in [-0.4, -0.2) is 14.8 Å². The highest BCUT2D eigenvalue weighted by Crippen LogP contribution is 2.31. The van der Waals surface area contributed by atoms with Gasteiger partial charge < -0.3 is 0 Å². The van der Waals surface area contributed by atoms with Crippen LogP contribution in [0.25, 0.3) is 5.82 Å². The van der Waals surface area contributed by atoms with Gasteiger partial charge in [0.2, 0.25) is 0 Å². The first-order valence-electron chi connectivity index (χ1n) is 4.88. The van der Waals surface area contributed by atoms with Crippen molar-refractivity contribution in [2.75, 3.05) is 0 Å². The number of aromatic nitrogens is 3. The molecule has 0 radical (unpaired) electrons. The highest BCUT2D eigenvalue weighted by molar-refractivity contribution is 9.13. The third kappa shape index (κ3) is 2.89. The Morgan fingerprint density at radius 2 is 1.90 bits per heavy atom. The molecule has 0 N–H and O–H groups in total. The molecule has 2 aromatic rings. The first-order valence-corrected chi connectivity index (χ1v) is 6.84. The van der Waals surface area contributed by atoms with E-state index in [2.05, 4.69) is 41.9 Å². The van der Waals surface area contributed by atoms with Gasteiger partial charge in [-0.1, -0.05) is 11.6 Å². The molecule has 0 atom stereocenters. The van der Waals surface area contributed by atoms with Gasteiger partial charge in [0, 0.05) is 6.20 Å².